The summed E-state index contributed by atoms with van der Waals surface area (Å²) in [5.41, 5.74) is 1.82. The fraction of sp³-hybridized carbons (Fsp3) is 0.0556. The molecule has 3 rings (SSSR count). The van der Waals surface area contributed by atoms with Crippen molar-refractivity contribution < 1.29 is 13.6 Å². The number of aromatic nitrogens is 2. The van der Waals surface area contributed by atoms with Crippen molar-refractivity contribution in [3.8, 4) is 0 Å². The van der Waals surface area contributed by atoms with E-state index in [9.17, 15) is 13.6 Å². The van der Waals surface area contributed by atoms with Crippen LogP contribution in [0.3, 0.4) is 0 Å². The van der Waals surface area contributed by atoms with Gasteiger partial charge in [-0.3, -0.25) is 4.79 Å². The Kier molecular flexibility index (Phi) is 4.65. The zero-order valence-electron chi connectivity index (χ0n) is 13.3. The number of hydrogen-bond acceptors (Lipinski definition) is 4. The summed E-state index contributed by atoms with van der Waals surface area (Å²) in [5, 5.41) is 5.40. The molecule has 0 unspecified atom stereocenters. The maximum absolute atomic E-state index is 13.6. The van der Waals surface area contributed by atoms with E-state index in [1.165, 1.54) is 12.4 Å². The lowest BCUT2D eigenvalue weighted by Crippen LogP contribution is -2.15. The third-order valence-electron chi connectivity index (χ3n) is 3.35. The predicted molar refractivity (Wildman–Crippen MR) is 90.8 cm³/mol. The van der Waals surface area contributed by atoms with E-state index in [-0.39, 0.29) is 11.4 Å². The van der Waals surface area contributed by atoms with E-state index in [0.29, 0.717) is 11.9 Å². The van der Waals surface area contributed by atoms with Gasteiger partial charge in [0, 0.05) is 11.8 Å². The number of carbonyl (C=O) groups is 1. The van der Waals surface area contributed by atoms with Crippen molar-refractivity contribution in [2.75, 3.05) is 10.6 Å². The topological polar surface area (TPSA) is 66.9 Å². The van der Waals surface area contributed by atoms with Crippen LogP contribution >= 0.6 is 0 Å². The maximum Gasteiger partial charge on any atom is 0.275 e. The van der Waals surface area contributed by atoms with Crippen molar-refractivity contribution in [1.29, 1.82) is 0 Å². The average Bonchev–Trinajstić information content (AvgIpc) is 2.58. The molecule has 0 aliphatic carbocycles. The molecule has 0 bridgehead atoms. The van der Waals surface area contributed by atoms with Crippen molar-refractivity contribution in [3.63, 3.8) is 0 Å². The third kappa shape index (κ3) is 4.14. The number of rotatable bonds is 4. The number of anilines is 3. The Morgan fingerprint density at radius 2 is 1.88 bits per heavy atom. The number of halogens is 2. The number of amides is 1. The number of benzene rings is 2. The Bertz CT molecular complexity index is 913. The molecule has 5 nitrogen and oxygen atoms in total. The van der Waals surface area contributed by atoms with Gasteiger partial charge in [-0.05, 0) is 36.8 Å². The highest BCUT2D eigenvalue weighted by Crippen LogP contribution is 2.17. The molecule has 0 aliphatic rings. The monoisotopic (exact) mass is 340 g/mol. The van der Waals surface area contributed by atoms with Gasteiger partial charge in [0.15, 0.2) is 0 Å². The van der Waals surface area contributed by atoms with Crippen molar-refractivity contribution >= 4 is 23.1 Å². The van der Waals surface area contributed by atoms with Gasteiger partial charge in [0.1, 0.15) is 23.1 Å². The number of nitrogens with one attached hydrogen (secondary N) is 2. The summed E-state index contributed by atoms with van der Waals surface area (Å²) >= 11 is 0. The molecule has 0 fully saturated rings. The molecular formula is C18H14F2N4O. The summed E-state index contributed by atoms with van der Waals surface area (Å²) < 4.78 is 26.4. The normalized spacial score (nSPS) is 10.4. The molecule has 25 heavy (non-hydrogen) atoms. The van der Waals surface area contributed by atoms with E-state index in [0.717, 1.165) is 23.4 Å². The average molecular weight is 340 g/mol. The third-order valence-corrected chi connectivity index (χ3v) is 3.35. The Labute approximate surface area is 142 Å². The van der Waals surface area contributed by atoms with Crippen molar-refractivity contribution in [3.05, 3.63) is 77.8 Å². The molecule has 1 aromatic heterocycles. The highest BCUT2D eigenvalue weighted by Gasteiger charge is 2.12. The van der Waals surface area contributed by atoms with E-state index in [1.807, 2.05) is 31.2 Å². The van der Waals surface area contributed by atoms with Crippen LogP contribution in [0.15, 0.2) is 54.9 Å². The summed E-state index contributed by atoms with van der Waals surface area (Å²) in [5.74, 6) is -1.75. The lowest BCUT2D eigenvalue weighted by atomic mass is 10.2. The molecule has 0 saturated carbocycles. The van der Waals surface area contributed by atoms with E-state index in [2.05, 4.69) is 20.6 Å². The molecule has 126 valence electrons. The Balaban J connectivity index is 1.70. The maximum atomic E-state index is 13.6. The standard InChI is InChI=1S/C18H14F2N4O/c1-11-3-2-4-13(7-11)23-17-10-21-16(9-22-17)18(25)24-15-6-5-12(19)8-14(15)20/h2-10H,1H3,(H,22,23)(H,24,25). The first-order chi connectivity index (χ1) is 12.0. The van der Waals surface area contributed by atoms with Gasteiger partial charge < -0.3 is 10.6 Å². The molecule has 1 amide bonds. The van der Waals surface area contributed by atoms with Crippen molar-refractivity contribution in [2.24, 2.45) is 0 Å². The zero-order valence-corrected chi connectivity index (χ0v) is 13.3. The van der Waals surface area contributed by atoms with Crippen LogP contribution in [0.25, 0.3) is 0 Å². The molecule has 7 heteroatoms. The second-order valence-electron chi connectivity index (χ2n) is 5.36. The zero-order chi connectivity index (χ0) is 17.8. The minimum absolute atomic E-state index is 0.0125. The predicted octanol–water partition coefficient (Wildman–Crippen LogP) is 4.06. The fourth-order valence-corrected chi connectivity index (χ4v) is 2.16. The summed E-state index contributed by atoms with van der Waals surface area (Å²) in [7, 11) is 0. The first kappa shape index (κ1) is 16.5. The van der Waals surface area contributed by atoms with Crippen LogP contribution in [0.2, 0.25) is 0 Å². The number of hydrogen-bond donors (Lipinski definition) is 2. The van der Waals surface area contributed by atoms with E-state index >= 15 is 0 Å². The van der Waals surface area contributed by atoms with E-state index in [1.54, 1.807) is 0 Å². The first-order valence-corrected chi connectivity index (χ1v) is 7.43. The number of aryl methyl sites for hydroxylation is 1. The molecular weight excluding hydrogens is 326 g/mol. The molecule has 1 heterocycles. The van der Waals surface area contributed by atoms with Gasteiger partial charge in [-0.15, -0.1) is 0 Å². The summed E-state index contributed by atoms with van der Waals surface area (Å²) in [4.78, 5) is 20.2. The first-order valence-electron chi connectivity index (χ1n) is 7.43. The van der Waals surface area contributed by atoms with Gasteiger partial charge >= 0.3 is 0 Å². The molecule has 0 spiro atoms. The number of nitrogens with zero attached hydrogens (tertiary/aromatic N) is 2. The van der Waals surface area contributed by atoms with Gasteiger partial charge in [0.05, 0.1) is 18.1 Å². The van der Waals surface area contributed by atoms with E-state index in [4.69, 9.17) is 0 Å². The summed E-state index contributed by atoms with van der Waals surface area (Å²) in [6, 6.07) is 10.6. The van der Waals surface area contributed by atoms with Gasteiger partial charge in [0.25, 0.3) is 5.91 Å². The van der Waals surface area contributed by atoms with Crippen molar-refractivity contribution in [2.45, 2.75) is 6.92 Å². The molecule has 3 aromatic rings. The molecule has 2 aromatic carbocycles. The SMILES string of the molecule is Cc1cccc(Nc2cnc(C(=O)Nc3ccc(F)cc3F)cn2)c1. The van der Waals surface area contributed by atoms with Gasteiger partial charge in [-0.25, -0.2) is 18.7 Å². The molecule has 0 radical (unpaired) electrons. The van der Waals surface area contributed by atoms with Crippen LogP contribution in [0, 0.1) is 18.6 Å². The van der Waals surface area contributed by atoms with Gasteiger partial charge in [-0.1, -0.05) is 12.1 Å². The van der Waals surface area contributed by atoms with Crippen molar-refractivity contribution in [1.82, 2.24) is 9.97 Å². The molecule has 2 N–H and O–H groups in total. The van der Waals surface area contributed by atoms with Crippen LogP contribution in [-0.4, -0.2) is 15.9 Å². The Morgan fingerprint density at radius 3 is 2.56 bits per heavy atom. The highest BCUT2D eigenvalue weighted by molar-refractivity contribution is 6.02. The van der Waals surface area contributed by atoms with Crippen LogP contribution in [-0.2, 0) is 0 Å². The molecule has 0 saturated heterocycles. The largest absolute Gasteiger partial charge is 0.339 e. The van der Waals surface area contributed by atoms with Gasteiger partial charge in [0.2, 0.25) is 0 Å². The second kappa shape index (κ2) is 7.04. The lowest BCUT2D eigenvalue weighted by molar-refractivity contribution is 0.102. The van der Waals surface area contributed by atoms with Crippen LogP contribution in [0.4, 0.5) is 26.0 Å². The fourth-order valence-electron chi connectivity index (χ4n) is 2.16. The van der Waals surface area contributed by atoms with Crippen LogP contribution in [0.1, 0.15) is 16.1 Å². The minimum Gasteiger partial charge on any atom is -0.339 e. The van der Waals surface area contributed by atoms with Crippen LogP contribution < -0.4 is 10.6 Å². The smallest absolute Gasteiger partial charge is 0.275 e. The number of carbonyl (C=O) groups excluding carboxylic acids is 1. The lowest BCUT2D eigenvalue weighted by Gasteiger charge is -2.08. The quantitative estimate of drug-likeness (QED) is 0.752. The van der Waals surface area contributed by atoms with Crippen LogP contribution in [0.5, 0.6) is 0 Å². The summed E-state index contributed by atoms with van der Waals surface area (Å²) in [6.45, 7) is 1.97. The summed E-state index contributed by atoms with van der Waals surface area (Å²) in [6.07, 6.45) is 2.67. The van der Waals surface area contributed by atoms with Gasteiger partial charge in [-0.2, -0.15) is 0 Å². The minimum atomic E-state index is -0.862. The second-order valence-corrected chi connectivity index (χ2v) is 5.36. The molecule has 0 atom stereocenters. The Hall–Kier alpha value is -3.35. The molecule has 0 aliphatic heterocycles. The van der Waals surface area contributed by atoms with E-state index < -0.39 is 17.5 Å². The Morgan fingerprint density at radius 1 is 1.04 bits per heavy atom. The highest BCUT2D eigenvalue weighted by atomic mass is 19.1.